The molecule has 26 heavy (non-hydrogen) atoms. The maximum atomic E-state index is 5.07. The summed E-state index contributed by atoms with van der Waals surface area (Å²) < 4.78 is 0. The van der Waals surface area contributed by atoms with E-state index in [4.69, 9.17) is 4.99 Å². The van der Waals surface area contributed by atoms with Gasteiger partial charge in [-0.3, -0.25) is 0 Å². The normalized spacial score (nSPS) is 21.5. The lowest BCUT2D eigenvalue weighted by Crippen LogP contribution is -2.52. The molecule has 0 amide bonds. The molecule has 132 valence electrons. The van der Waals surface area contributed by atoms with Gasteiger partial charge in [0.15, 0.2) is 0 Å². The highest BCUT2D eigenvalue weighted by atomic mass is 15.2. The minimum Gasteiger partial charge on any atom is -0.324 e. The lowest BCUT2D eigenvalue weighted by molar-refractivity contribution is 0.719. The fraction of sp³-hybridized carbons (Fsp3) is 0.292. The van der Waals surface area contributed by atoms with Crippen LogP contribution in [0.4, 0.5) is 17.1 Å². The summed E-state index contributed by atoms with van der Waals surface area (Å²) >= 11 is 0. The molecule has 0 saturated heterocycles. The Bertz CT molecular complexity index is 984. The van der Waals surface area contributed by atoms with E-state index in [1.54, 1.807) is 0 Å². The Hall–Kier alpha value is -2.61. The van der Waals surface area contributed by atoms with Crippen LogP contribution in [0.15, 0.2) is 64.7 Å². The number of allylic oxidation sites excluding steroid dienone is 2. The van der Waals surface area contributed by atoms with Gasteiger partial charge in [0.1, 0.15) is 5.54 Å². The van der Waals surface area contributed by atoms with Crippen LogP contribution in [0.1, 0.15) is 37.5 Å². The summed E-state index contributed by atoms with van der Waals surface area (Å²) in [5.41, 5.74) is 10.8. The molecule has 0 radical (unpaired) electrons. The number of aryl methyl sites for hydroxylation is 3. The van der Waals surface area contributed by atoms with E-state index in [0.717, 1.165) is 11.4 Å². The molecular weight excluding hydrogens is 316 g/mol. The van der Waals surface area contributed by atoms with Gasteiger partial charge in [0, 0.05) is 5.69 Å². The van der Waals surface area contributed by atoms with Gasteiger partial charge in [-0.05, 0) is 76.5 Å². The molecule has 2 aromatic carbocycles. The number of para-hydroxylation sites is 2. The highest BCUT2D eigenvalue weighted by Crippen LogP contribution is 2.49. The molecule has 0 saturated carbocycles. The summed E-state index contributed by atoms with van der Waals surface area (Å²) in [4.78, 5) is 7.56. The average Bonchev–Trinajstić information content (AvgIpc) is 2.54. The number of hydrogen-bond donors (Lipinski definition) is 0. The van der Waals surface area contributed by atoms with Crippen molar-refractivity contribution in [3.63, 3.8) is 0 Å². The number of fused-ring (bicyclic) bond motifs is 2. The monoisotopic (exact) mass is 342 g/mol. The van der Waals surface area contributed by atoms with Crippen molar-refractivity contribution < 1.29 is 0 Å². The first-order valence-corrected chi connectivity index (χ1v) is 9.25. The molecule has 0 spiro atoms. The van der Waals surface area contributed by atoms with Crippen LogP contribution in [-0.2, 0) is 0 Å². The number of rotatable bonds is 1. The maximum absolute atomic E-state index is 5.07. The second-order valence-electron chi connectivity index (χ2n) is 7.90. The Morgan fingerprint density at radius 2 is 1.58 bits per heavy atom. The lowest BCUT2D eigenvalue weighted by Gasteiger charge is -2.48. The highest BCUT2D eigenvalue weighted by molar-refractivity contribution is 6.16. The SMILES string of the molecule is CC1=CC2(C)C(=Nc3ccccc3N2c2c(C)cc(C)cc2C)C(C)=C1. The second-order valence-corrected chi connectivity index (χ2v) is 7.90. The molecular formula is C24H26N2. The largest absolute Gasteiger partial charge is 0.324 e. The number of nitrogens with zero attached hydrogens (tertiary/aromatic N) is 2. The van der Waals surface area contributed by atoms with Crippen LogP contribution < -0.4 is 4.90 Å². The molecule has 2 aromatic rings. The van der Waals surface area contributed by atoms with Gasteiger partial charge in [-0.2, -0.15) is 0 Å². The van der Waals surface area contributed by atoms with Crippen molar-refractivity contribution in [2.24, 2.45) is 4.99 Å². The fourth-order valence-corrected chi connectivity index (χ4v) is 4.73. The van der Waals surface area contributed by atoms with Crippen LogP contribution in [0.3, 0.4) is 0 Å². The highest BCUT2D eigenvalue weighted by Gasteiger charge is 2.43. The summed E-state index contributed by atoms with van der Waals surface area (Å²) in [7, 11) is 0. The number of anilines is 2. The molecule has 0 aromatic heterocycles. The molecule has 0 fully saturated rings. The van der Waals surface area contributed by atoms with Gasteiger partial charge in [0.05, 0.1) is 17.1 Å². The van der Waals surface area contributed by atoms with Crippen molar-refractivity contribution in [1.29, 1.82) is 0 Å². The van der Waals surface area contributed by atoms with Crippen LogP contribution in [0.25, 0.3) is 0 Å². The zero-order chi connectivity index (χ0) is 18.6. The molecule has 4 rings (SSSR count). The van der Waals surface area contributed by atoms with E-state index in [1.165, 1.54) is 39.2 Å². The van der Waals surface area contributed by atoms with Crippen LogP contribution >= 0.6 is 0 Å². The van der Waals surface area contributed by atoms with Crippen LogP contribution in [-0.4, -0.2) is 11.3 Å². The molecule has 2 aliphatic rings. The predicted molar refractivity (Wildman–Crippen MR) is 112 cm³/mol. The average molecular weight is 342 g/mol. The third kappa shape index (κ3) is 2.36. The van der Waals surface area contributed by atoms with Gasteiger partial charge in [0.25, 0.3) is 0 Å². The van der Waals surface area contributed by atoms with Gasteiger partial charge in [-0.25, -0.2) is 4.99 Å². The van der Waals surface area contributed by atoms with Gasteiger partial charge in [0.2, 0.25) is 0 Å². The zero-order valence-electron chi connectivity index (χ0n) is 16.5. The predicted octanol–water partition coefficient (Wildman–Crippen LogP) is 6.50. The third-order valence-electron chi connectivity index (χ3n) is 5.48. The number of benzene rings is 2. The van der Waals surface area contributed by atoms with Gasteiger partial charge in [-0.15, -0.1) is 0 Å². The van der Waals surface area contributed by atoms with Crippen molar-refractivity contribution in [1.82, 2.24) is 0 Å². The van der Waals surface area contributed by atoms with E-state index in [9.17, 15) is 0 Å². The lowest BCUT2D eigenvalue weighted by atomic mass is 9.79. The second kappa shape index (κ2) is 5.70. The first-order chi connectivity index (χ1) is 12.3. The van der Waals surface area contributed by atoms with Crippen LogP contribution in [0.5, 0.6) is 0 Å². The Labute approximate surface area is 156 Å². The first-order valence-electron chi connectivity index (χ1n) is 9.25. The van der Waals surface area contributed by atoms with E-state index in [1.807, 2.05) is 0 Å². The molecule has 1 atom stereocenters. The van der Waals surface area contributed by atoms with E-state index in [2.05, 4.69) is 95.0 Å². The van der Waals surface area contributed by atoms with Crippen LogP contribution in [0.2, 0.25) is 0 Å². The first kappa shape index (κ1) is 16.8. The third-order valence-corrected chi connectivity index (χ3v) is 5.48. The fourth-order valence-electron chi connectivity index (χ4n) is 4.73. The molecule has 1 heterocycles. The maximum Gasteiger partial charge on any atom is 0.104 e. The molecule has 0 bridgehead atoms. The Kier molecular flexibility index (Phi) is 3.69. The van der Waals surface area contributed by atoms with Crippen molar-refractivity contribution >= 4 is 22.8 Å². The minimum absolute atomic E-state index is 0.290. The Balaban J connectivity index is 2.08. The van der Waals surface area contributed by atoms with Gasteiger partial charge >= 0.3 is 0 Å². The quantitative estimate of drug-likeness (QED) is 0.577. The van der Waals surface area contributed by atoms with Gasteiger partial charge < -0.3 is 4.90 Å². The summed E-state index contributed by atoms with van der Waals surface area (Å²) in [6.07, 6.45) is 4.59. The number of hydrogen-bond acceptors (Lipinski definition) is 2. The molecule has 2 heteroatoms. The van der Waals surface area contributed by atoms with Crippen molar-refractivity contribution in [2.75, 3.05) is 4.90 Å². The van der Waals surface area contributed by atoms with E-state index >= 15 is 0 Å². The summed E-state index contributed by atoms with van der Waals surface area (Å²) in [5.74, 6) is 0. The minimum atomic E-state index is -0.290. The number of aliphatic imine (C=N–C) groups is 1. The molecule has 1 aliphatic carbocycles. The van der Waals surface area contributed by atoms with E-state index in [-0.39, 0.29) is 5.54 Å². The van der Waals surface area contributed by atoms with Gasteiger partial charge in [-0.1, -0.05) is 41.5 Å². The smallest absolute Gasteiger partial charge is 0.104 e. The van der Waals surface area contributed by atoms with Crippen molar-refractivity contribution in [2.45, 2.75) is 47.1 Å². The Morgan fingerprint density at radius 1 is 0.923 bits per heavy atom. The molecule has 1 aliphatic heterocycles. The molecule has 0 N–H and O–H groups in total. The van der Waals surface area contributed by atoms with Crippen LogP contribution in [0, 0.1) is 20.8 Å². The van der Waals surface area contributed by atoms with E-state index in [0.29, 0.717) is 0 Å². The summed E-state index contributed by atoms with van der Waals surface area (Å²) in [5, 5.41) is 0. The summed E-state index contributed by atoms with van der Waals surface area (Å²) in [6, 6.07) is 13.0. The van der Waals surface area contributed by atoms with Crippen molar-refractivity contribution in [3.8, 4) is 0 Å². The molecule has 2 nitrogen and oxygen atoms in total. The van der Waals surface area contributed by atoms with Crippen molar-refractivity contribution in [3.05, 3.63) is 76.4 Å². The standard InChI is InChI=1S/C24H26N2/c1-15-11-17(3)22(18(4)12-15)26-21-10-8-7-9-20(21)25-23-19(5)13-16(2)14-24(23,26)6/h7-14H,1-6H3. The summed E-state index contributed by atoms with van der Waals surface area (Å²) in [6.45, 7) is 13.2. The zero-order valence-corrected chi connectivity index (χ0v) is 16.5. The Morgan fingerprint density at radius 3 is 2.27 bits per heavy atom. The topological polar surface area (TPSA) is 15.6 Å². The van der Waals surface area contributed by atoms with E-state index < -0.39 is 0 Å². The molecule has 1 unspecified atom stereocenters.